The van der Waals surface area contributed by atoms with Gasteiger partial charge in [0.05, 0.1) is 25.9 Å². The van der Waals surface area contributed by atoms with E-state index in [-0.39, 0.29) is 31.4 Å². The summed E-state index contributed by atoms with van der Waals surface area (Å²) >= 11 is 0. The third-order valence-electron chi connectivity index (χ3n) is 3.21. The van der Waals surface area contributed by atoms with Crippen LogP contribution in [0, 0.1) is 6.92 Å². The summed E-state index contributed by atoms with van der Waals surface area (Å²) in [5.74, 6) is -0.499. The Hall–Kier alpha value is -3.09. The zero-order valence-corrected chi connectivity index (χ0v) is 13.3. The predicted octanol–water partition coefficient (Wildman–Crippen LogP) is 0.750. The molecule has 1 heterocycles. The lowest BCUT2D eigenvalue weighted by atomic mass is 10.1. The summed E-state index contributed by atoms with van der Waals surface area (Å²) in [6.07, 6.45) is 1.51. The minimum absolute atomic E-state index is 0.167. The first kappa shape index (κ1) is 17.3. The van der Waals surface area contributed by atoms with Gasteiger partial charge in [-0.25, -0.2) is 0 Å². The van der Waals surface area contributed by atoms with Crippen LogP contribution < -0.4 is 16.0 Å². The SMILES string of the molecule is Cc1ccc(C(=O)NCC(=O)NCC(=O)NCc2ccco2)cc1. The molecule has 7 nitrogen and oxygen atoms in total. The second-order valence-corrected chi connectivity index (χ2v) is 5.18. The van der Waals surface area contributed by atoms with E-state index in [1.54, 1.807) is 24.3 Å². The lowest BCUT2D eigenvalue weighted by molar-refractivity contribution is -0.125. The van der Waals surface area contributed by atoms with E-state index in [2.05, 4.69) is 16.0 Å². The van der Waals surface area contributed by atoms with E-state index in [9.17, 15) is 14.4 Å². The topological polar surface area (TPSA) is 100 Å². The van der Waals surface area contributed by atoms with Crippen molar-refractivity contribution in [1.29, 1.82) is 0 Å². The fourth-order valence-electron chi connectivity index (χ4n) is 1.87. The fourth-order valence-corrected chi connectivity index (χ4v) is 1.87. The average molecular weight is 329 g/mol. The van der Waals surface area contributed by atoms with Crippen LogP contribution in [0.15, 0.2) is 47.1 Å². The monoisotopic (exact) mass is 329 g/mol. The number of hydrogen-bond donors (Lipinski definition) is 3. The third kappa shape index (κ3) is 5.60. The minimum atomic E-state index is -0.441. The summed E-state index contributed by atoms with van der Waals surface area (Å²) in [5, 5.41) is 7.53. The Kier molecular flexibility index (Phi) is 6.13. The molecule has 2 rings (SSSR count). The van der Waals surface area contributed by atoms with Crippen molar-refractivity contribution < 1.29 is 18.8 Å². The van der Waals surface area contributed by atoms with Crippen LogP contribution >= 0.6 is 0 Å². The highest BCUT2D eigenvalue weighted by Gasteiger charge is 2.09. The number of amides is 3. The van der Waals surface area contributed by atoms with E-state index in [0.717, 1.165) is 5.56 Å². The Balaban J connectivity index is 1.64. The lowest BCUT2D eigenvalue weighted by Gasteiger charge is -2.07. The lowest BCUT2D eigenvalue weighted by Crippen LogP contribution is -2.41. The molecule has 7 heteroatoms. The molecular formula is C17H19N3O4. The van der Waals surface area contributed by atoms with E-state index >= 15 is 0 Å². The van der Waals surface area contributed by atoms with Crippen molar-refractivity contribution in [1.82, 2.24) is 16.0 Å². The maximum absolute atomic E-state index is 11.9. The molecule has 3 N–H and O–H groups in total. The first-order valence-electron chi connectivity index (χ1n) is 7.45. The normalized spacial score (nSPS) is 10.0. The van der Waals surface area contributed by atoms with Crippen molar-refractivity contribution in [3.8, 4) is 0 Å². The van der Waals surface area contributed by atoms with Gasteiger partial charge in [0.2, 0.25) is 11.8 Å². The largest absolute Gasteiger partial charge is 0.467 e. The van der Waals surface area contributed by atoms with Crippen molar-refractivity contribution in [2.24, 2.45) is 0 Å². The van der Waals surface area contributed by atoms with Crippen molar-refractivity contribution in [2.45, 2.75) is 13.5 Å². The number of furan rings is 1. The number of benzene rings is 1. The zero-order chi connectivity index (χ0) is 17.4. The molecule has 0 aliphatic heterocycles. The van der Waals surface area contributed by atoms with Crippen LogP contribution in [0.5, 0.6) is 0 Å². The third-order valence-corrected chi connectivity index (χ3v) is 3.21. The Labute approximate surface area is 139 Å². The Morgan fingerprint density at radius 1 is 0.917 bits per heavy atom. The average Bonchev–Trinajstić information content (AvgIpc) is 3.10. The van der Waals surface area contributed by atoms with E-state index in [0.29, 0.717) is 11.3 Å². The molecule has 0 aliphatic carbocycles. The van der Waals surface area contributed by atoms with E-state index in [1.807, 2.05) is 19.1 Å². The van der Waals surface area contributed by atoms with E-state index in [4.69, 9.17) is 4.42 Å². The van der Waals surface area contributed by atoms with Crippen LogP contribution in [-0.4, -0.2) is 30.8 Å². The van der Waals surface area contributed by atoms with Crippen LogP contribution in [0.4, 0.5) is 0 Å². The van der Waals surface area contributed by atoms with Crippen LogP contribution in [0.2, 0.25) is 0 Å². The molecule has 0 unspecified atom stereocenters. The smallest absolute Gasteiger partial charge is 0.251 e. The van der Waals surface area contributed by atoms with Crippen LogP contribution in [0.25, 0.3) is 0 Å². The number of aryl methyl sites for hydroxylation is 1. The number of hydrogen-bond acceptors (Lipinski definition) is 4. The molecule has 0 spiro atoms. The molecule has 126 valence electrons. The summed E-state index contributed by atoms with van der Waals surface area (Å²) in [5.41, 5.74) is 1.52. The fraction of sp³-hybridized carbons (Fsp3) is 0.235. The molecule has 0 saturated carbocycles. The van der Waals surface area contributed by atoms with Crippen LogP contribution in [0.1, 0.15) is 21.7 Å². The van der Waals surface area contributed by atoms with Gasteiger partial charge >= 0.3 is 0 Å². The van der Waals surface area contributed by atoms with Gasteiger partial charge in [0, 0.05) is 5.56 Å². The van der Waals surface area contributed by atoms with Crippen LogP contribution in [0.3, 0.4) is 0 Å². The van der Waals surface area contributed by atoms with Crippen molar-refractivity contribution in [3.05, 3.63) is 59.5 Å². The minimum Gasteiger partial charge on any atom is -0.467 e. The van der Waals surface area contributed by atoms with Crippen molar-refractivity contribution in [3.63, 3.8) is 0 Å². The van der Waals surface area contributed by atoms with Gasteiger partial charge in [-0.15, -0.1) is 0 Å². The van der Waals surface area contributed by atoms with Gasteiger partial charge in [-0.3, -0.25) is 14.4 Å². The maximum Gasteiger partial charge on any atom is 0.251 e. The number of carbonyl (C=O) groups is 3. The van der Waals surface area contributed by atoms with Crippen molar-refractivity contribution in [2.75, 3.05) is 13.1 Å². The quantitative estimate of drug-likeness (QED) is 0.698. The van der Waals surface area contributed by atoms with Gasteiger partial charge < -0.3 is 20.4 Å². The highest BCUT2D eigenvalue weighted by molar-refractivity contribution is 5.96. The van der Waals surface area contributed by atoms with Gasteiger partial charge in [-0.1, -0.05) is 17.7 Å². The van der Waals surface area contributed by atoms with Gasteiger partial charge in [0.15, 0.2) is 0 Å². The molecule has 0 radical (unpaired) electrons. The second-order valence-electron chi connectivity index (χ2n) is 5.18. The summed E-state index contributed by atoms with van der Waals surface area (Å²) in [6, 6.07) is 10.5. The highest BCUT2D eigenvalue weighted by atomic mass is 16.3. The maximum atomic E-state index is 11.9. The summed E-state index contributed by atoms with van der Waals surface area (Å²) in [4.78, 5) is 35.1. The zero-order valence-electron chi connectivity index (χ0n) is 13.3. The van der Waals surface area contributed by atoms with Gasteiger partial charge in [-0.05, 0) is 31.2 Å². The Morgan fingerprint density at radius 3 is 2.25 bits per heavy atom. The number of nitrogens with one attached hydrogen (secondary N) is 3. The predicted molar refractivity (Wildman–Crippen MR) is 87.1 cm³/mol. The molecule has 1 aromatic heterocycles. The van der Waals surface area contributed by atoms with Crippen LogP contribution in [-0.2, 0) is 16.1 Å². The summed E-state index contributed by atoms with van der Waals surface area (Å²) < 4.78 is 5.07. The Bertz CT molecular complexity index is 693. The second kappa shape index (κ2) is 8.52. The van der Waals surface area contributed by atoms with Gasteiger partial charge in [0.25, 0.3) is 5.91 Å². The van der Waals surface area contributed by atoms with Gasteiger partial charge in [0.1, 0.15) is 5.76 Å². The molecule has 0 bridgehead atoms. The van der Waals surface area contributed by atoms with Crippen molar-refractivity contribution >= 4 is 17.7 Å². The first-order valence-corrected chi connectivity index (χ1v) is 7.45. The molecule has 2 aromatic rings. The summed E-state index contributed by atoms with van der Waals surface area (Å²) in [7, 11) is 0. The standard InChI is InChI=1S/C17H19N3O4/c1-12-4-6-13(7-5-12)17(23)20-11-16(22)19-10-15(21)18-9-14-3-2-8-24-14/h2-8H,9-11H2,1H3,(H,18,21)(H,19,22)(H,20,23). The summed E-state index contributed by atoms with van der Waals surface area (Å²) in [6.45, 7) is 1.82. The molecule has 0 fully saturated rings. The molecule has 24 heavy (non-hydrogen) atoms. The molecule has 3 amide bonds. The molecular weight excluding hydrogens is 310 g/mol. The molecule has 0 aliphatic rings. The highest BCUT2D eigenvalue weighted by Crippen LogP contribution is 2.02. The van der Waals surface area contributed by atoms with E-state index < -0.39 is 5.91 Å². The number of rotatable bonds is 7. The molecule has 0 atom stereocenters. The first-order chi connectivity index (χ1) is 11.5. The number of carbonyl (C=O) groups excluding carboxylic acids is 3. The molecule has 0 saturated heterocycles. The van der Waals surface area contributed by atoms with E-state index in [1.165, 1.54) is 6.26 Å². The Morgan fingerprint density at radius 2 is 1.58 bits per heavy atom. The molecule has 1 aromatic carbocycles. The van der Waals surface area contributed by atoms with Gasteiger partial charge in [-0.2, -0.15) is 0 Å².